The number of hydrogen-bond acceptors (Lipinski definition) is 3. The summed E-state index contributed by atoms with van der Waals surface area (Å²) in [6, 6.07) is 4.65. The van der Waals surface area contributed by atoms with Gasteiger partial charge in [0.25, 0.3) is 0 Å². The zero-order valence-corrected chi connectivity index (χ0v) is 13.4. The van der Waals surface area contributed by atoms with E-state index < -0.39 is 6.67 Å². The zero-order valence-electron chi connectivity index (χ0n) is 13.4. The van der Waals surface area contributed by atoms with Crippen molar-refractivity contribution in [3.63, 3.8) is 0 Å². The Labute approximate surface area is 126 Å². The zero-order chi connectivity index (χ0) is 15.4. The molecule has 21 heavy (non-hydrogen) atoms. The molecule has 1 aromatic rings. The van der Waals surface area contributed by atoms with Crippen LogP contribution in [0.1, 0.15) is 38.4 Å². The highest BCUT2D eigenvalue weighted by atomic mass is 19.1. The largest absolute Gasteiger partial charge is 0.375 e. The van der Waals surface area contributed by atoms with Crippen molar-refractivity contribution in [1.29, 1.82) is 0 Å². The molecule has 116 valence electrons. The molecule has 0 spiro atoms. The number of aromatic nitrogens is 1. The number of rotatable bonds is 6. The lowest BCUT2D eigenvalue weighted by atomic mass is 10.1. The summed E-state index contributed by atoms with van der Waals surface area (Å²) in [5, 5.41) is 0. The van der Waals surface area contributed by atoms with E-state index in [4.69, 9.17) is 9.72 Å². The van der Waals surface area contributed by atoms with Crippen LogP contribution in [0, 0.1) is 6.92 Å². The second-order valence-corrected chi connectivity index (χ2v) is 5.87. The van der Waals surface area contributed by atoms with Crippen molar-refractivity contribution >= 4 is 5.82 Å². The van der Waals surface area contributed by atoms with E-state index in [0.29, 0.717) is 12.5 Å². The molecule has 3 nitrogen and oxygen atoms in total. The second kappa shape index (κ2) is 7.03. The average Bonchev–Trinajstić information content (AvgIpc) is 2.75. The Morgan fingerprint density at radius 2 is 2.19 bits per heavy atom. The third-order valence-corrected chi connectivity index (χ3v) is 3.81. The summed E-state index contributed by atoms with van der Waals surface area (Å²) in [4.78, 5) is 7.06. The maximum atomic E-state index is 12.2. The quantitative estimate of drug-likeness (QED) is 0.797. The van der Waals surface area contributed by atoms with E-state index in [1.807, 2.05) is 6.92 Å². The van der Waals surface area contributed by atoms with Crippen molar-refractivity contribution < 1.29 is 9.13 Å². The van der Waals surface area contributed by atoms with Crippen LogP contribution in [0.15, 0.2) is 23.9 Å². The third-order valence-electron chi connectivity index (χ3n) is 3.81. The van der Waals surface area contributed by atoms with E-state index in [1.54, 1.807) is 0 Å². The number of pyridine rings is 1. The molecule has 0 aromatic carbocycles. The Morgan fingerprint density at radius 3 is 2.81 bits per heavy atom. The average molecular weight is 292 g/mol. The first-order valence-corrected chi connectivity index (χ1v) is 7.62. The number of alkyl halides is 1. The van der Waals surface area contributed by atoms with Gasteiger partial charge in [0.15, 0.2) is 0 Å². The number of ether oxygens (including phenoxy) is 1. The Hall–Kier alpha value is -1.42. The molecule has 0 aliphatic carbocycles. The maximum Gasteiger partial charge on any atom is 0.133 e. The number of hydrogen-bond donors (Lipinski definition) is 0. The lowest BCUT2D eigenvalue weighted by molar-refractivity contribution is 0.0561. The van der Waals surface area contributed by atoms with Gasteiger partial charge in [0.05, 0.1) is 12.7 Å². The highest BCUT2D eigenvalue weighted by Crippen LogP contribution is 2.28. The molecule has 0 fully saturated rings. The molecule has 2 unspecified atom stereocenters. The molecule has 0 saturated carbocycles. The normalized spacial score (nSPS) is 19.8. The van der Waals surface area contributed by atoms with Crippen LogP contribution in [0.5, 0.6) is 0 Å². The number of anilines is 1. The van der Waals surface area contributed by atoms with E-state index in [0.717, 1.165) is 17.9 Å². The fourth-order valence-corrected chi connectivity index (χ4v) is 2.85. The summed E-state index contributed by atoms with van der Waals surface area (Å²) in [6.45, 7) is 8.10. The van der Waals surface area contributed by atoms with Crippen molar-refractivity contribution in [3.8, 4) is 0 Å². The van der Waals surface area contributed by atoms with Gasteiger partial charge in [-0.15, -0.1) is 0 Å². The van der Waals surface area contributed by atoms with Gasteiger partial charge in [-0.25, -0.2) is 9.37 Å². The molecule has 2 rings (SSSR count). The van der Waals surface area contributed by atoms with Crippen molar-refractivity contribution in [2.45, 2.75) is 52.7 Å². The van der Waals surface area contributed by atoms with Gasteiger partial charge in [-0.1, -0.05) is 6.08 Å². The minimum absolute atomic E-state index is 0.0180. The Balaban J connectivity index is 2.15. The highest BCUT2D eigenvalue weighted by molar-refractivity contribution is 5.51. The van der Waals surface area contributed by atoms with E-state index in [2.05, 4.69) is 43.9 Å². The molecule has 0 bridgehead atoms. The van der Waals surface area contributed by atoms with Crippen LogP contribution in [-0.4, -0.2) is 30.4 Å². The Kier molecular flexibility index (Phi) is 5.34. The molecule has 0 amide bonds. The van der Waals surface area contributed by atoms with Gasteiger partial charge in [0.1, 0.15) is 12.5 Å². The predicted octanol–water partition coefficient (Wildman–Crippen LogP) is 3.81. The summed E-state index contributed by atoms with van der Waals surface area (Å²) >= 11 is 0. The minimum Gasteiger partial charge on any atom is -0.375 e. The SMILES string of the molecule is CC1=CCC(C)N1c1cc(C)cc(CC(C)OCCF)n1. The lowest BCUT2D eigenvalue weighted by Crippen LogP contribution is -2.27. The predicted molar refractivity (Wildman–Crippen MR) is 84.4 cm³/mol. The molecule has 0 radical (unpaired) electrons. The molecule has 1 aromatic heterocycles. The van der Waals surface area contributed by atoms with Crippen LogP contribution < -0.4 is 4.90 Å². The first-order chi connectivity index (χ1) is 10.0. The monoisotopic (exact) mass is 292 g/mol. The molecular weight excluding hydrogens is 267 g/mol. The highest BCUT2D eigenvalue weighted by Gasteiger charge is 2.22. The third kappa shape index (κ3) is 4.03. The van der Waals surface area contributed by atoms with Crippen molar-refractivity contribution in [2.75, 3.05) is 18.2 Å². The van der Waals surface area contributed by atoms with E-state index in [-0.39, 0.29) is 12.7 Å². The summed E-state index contributed by atoms with van der Waals surface area (Å²) in [6.07, 6.45) is 4.00. The molecule has 4 heteroatoms. The van der Waals surface area contributed by atoms with Gasteiger partial charge in [0, 0.05) is 23.9 Å². The van der Waals surface area contributed by atoms with Gasteiger partial charge < -0.3 is 9.64 Å². The fraction of sp³-hybridized carbons (Fsp3) is 0.588. The maximum absolute atomic E-state index is 12.2. The topological polar surface area (TPSA) is 25.4 Å². The van der Waals surface area contributed by atoms with Gasteiger partial charge in [-0.2, -0.15) is 0 Å². The first-order valence-electron chi connectivity index (χ1n) is 7.62. The summed E-state index contributed by atoms with van der Waals surface area (Å²) in [7, 11) is 0. The van der Waals surface area contributed by atoms with Crippen molar-refractivity contribution in [3.05, 3.63) is 35.2 Å². The van der Waals surface area contributed by atoms with Crippen LogP contribution in [0.3, 0.4) is 0 Å². The summed E-state index contributed by atoms with van der Waals surface area (Å²) in [5.41, 5.74) is 3.45. The molecule has 0 N–H and O–H groups in total. The lowest BCUT2D eigenvalue weighted by Gasteiger charge is -2.26. The molecule has 2 atom stereocenters. The second-order valence-electron chi connectivity index (χ2n) is 5.87. The van der Waals surface area contributed by atoms with Gasteiger partial charge in [0.2, 0.25) is 0 Å². The van der Waals surface area contributed by atoms with Crippen molar-refractivity contribution in [1.82, 2.24) is 4.98 Å². The van der Waals surface area contributed by atoms with Gasteiger partial charge in [-0.3, -0.25) is 0 Å². The fourth-order valence-electron chi connectivity index (χ4n) is 2.85. The van der Waals surface area contributed by atoms with Gasteiger partial charge >= 0.3 is 0 Å². The smallest absolute Gasteiger partial charge is 0.133 e. The van der Waals surface area contributed by atoms with Crippen LogP contribution in [0.25, 0.3) is 0 Å². The number of aryl methyl sites for hydroxylation is 1. The molecule has 1 aliphatic heterocycles. The number of nitrogens with zero attached hydrogens (tertiary/aromatic N) is 2. The number of halogens is 1. The standard InChI is InChI=1S/C17H25FN2O/c1-12-9-16(11-15(4)21-8-7-18)19-17(10-12)20-13(2)5-6-14(20)3/h5,9-10,14-15H,6-8,11H2,1-4H3. The molecule has 2 heterocycles. The van der Waals surface area contributed by atoms with E-state index in [9.17, 15) is 4.39 Å². The van der Waals surface area contributed by atoms with Crippen LogP contribution in [0.4, 0.5) is 10.2 Å². The minimum atomic E-state index is -0.438. The van der Waals surface area contributed by atoms with Crippen LogP contribution in [-0.2, 0) is 11.2 Å². The molecule has 0 saturated heterocycles. The van der Waals surface area contributed by atoms with E-state index >= 15 is 0 Å². The van der Waals surface area contributed by atoms with E-state index in [1.165, 1.54) is 11.3 Å². The van der Waals surface area contributed by atoms with Crippen LogP contribution in [0.2, 0.25) is 0 Å². The molecule has 1 aliphatic rings. The molecular formula is C17H25FN2O. The first kappa shape index (κ1) is 16.0. The number of allylic oxidation sites excluding steroid dienone is 1. The van der Waals surface area contributed by atoms with Crippen molar-refractivity contribution in [2.24, 2.45) is 0 Å². The Morgan fingerprint density at radius 1 is 1.43 bits per heavy atom. The van der Waals surface area contributed by atoms with Crippen LogP contribution >= 0.6 is 0 Å². The summed E-state index contributed by atoms with van der Waals surface area (Å²) < 4.78 is 17.6. The Bertz CT molecular complexity index is 516. The summed E-state index contributed by atoms with van der Waals surface area (Å²) in [5.74, 6) is 1.00. The van der Waals surface area contributed by atoms with Gasteiger partial charge in [-0.05, 0) is 51.8 Å².